The number of carbonyl (C=O) groups excluding carboxylic acids is 2. The zero-order valence-electron chi connectivity index (χ0n) is 20.2. The van der Waals surface area contributed by atoms with Gasteiger partial charge in [0.15, 0.2) is 11.6 Å². The molecule has 1 aromatic rings. The van der Waals surface area contributed by atoms with E-state index in [4.69, 9.17) is 14.2 Å². The largest absolute Gasteiger partial charge is 0.465 e. The van der Waals surface area contributed by atoms with Gasteiger partial charge in [-0.15, -0.1) is 0 Å². The second-order valence-electron chi connectivity index (χ2n) is 9.13. The van der Waals surface area contributed by atoms with Crippen molar-refractivity contribution in [2.45, 2.75) is 64.9 Å². The summed E-state index contributed by atoms with van der Waals surface area (Å²) < 4.78 is 45.4. The number of allylic oxidation sites excluding steroid dienone is 1. The van der Waals surface area contributed by atoms with Gasteiger partial charge in [-0.25, -0.2) is 13.6 Å². The zero-order chi connectivity index (χ0) is 24.8. The van der Waals surface area contributed by atoms with Crippen molar-refractivity contribution in [2.75, 3.05) is 20.3 Å². The first-order valence-corrected chi connectivity index (χ1v) is 11.8. The first-order chi connectivity index (χ1) is 16.2. The molecular formula is C26H33F2NO5. The number of methoxy groups -OCH3 is 1. The summed E-state index contributed by atoms with van der Waals surface area (Å²) in [6, 6.07) is 3.72. The monoisotopic (exact) mass is 477 g/mol. The molecule has 1 saturated carbocycles. The highest BCUT2D eigenvalue weighted by Gasteiger charge is 2.44. The third-order valence-electron chi connectivity index (χ3n) is 6.66. The van der Waals surface area contributed by atoms with Crippen LogP contribution in [0.2, 0.25) is 0 Å². The summed E-state index contributed by atoms with van der Waals surface area (Å²) in [7, 11) is 1.49. The number of nitrogens with zero attached hydrogens (tertiary/aromatic N) is 1. The lowest BCUT2D eigenvalue weighted by molar-refractivity contribution is -0.148. The fraction of sp³-hybridized carbons (Fsp3) is 0.577. The molecule has 34 heavy (non-hydrogen) atoms. The molecule has 1 aliphatic carbocycles. The average Bonchev–Trinajstić information content (AvgIpc) is 2.82. The van der Waals surface area contributed by atoms with Gasteiger partial charge >= 0.3 is 11.9 Å². The molecule has 0 amide bonds. The maximum absolute atomic E-state index is 15.0. The fourth-order valence-electron chi connectivity index (χ4n) is 4.69. The Morgan fingerprint density at radius 2 is 1.82 bits per heavy atom. The van der Waals surface area contributed by atoms with Gasteiger partial charge in [0, 0.05) is 24.4 Å². The molecule has 0 spiro atoms. The van der Waals surface area contributed by atoms with Crippen molar-refractivity contribution in [3.8, 4) is 0 Å². The van der Waals surface area contributed by atoms with E-state index in [0.29, 0.717) is 5.71 Å². The molecule has 3 unspecified atom stereocenters. The standard InChI is InChI=1S/C26H33F2NO5/c1-15(32-4)13-33-25(30)21-16(2)29-17(3)22(23(21)19-11-8-12-20(27)24(19)28)26(31)34-14-18-9-6-5-7-10-18/h8,11-12,15,18,22-23H,5-7,9-10,13-14H2,1-4H3. The number of rotatable bonds is 8. The summed E-state index contributed by atoms with van der Waals surface area (Å²) in [5.74, 6) is -5.47. The van der Waals surface area contributed by atoms with Gasteiger partial charge in [0.1, 0.15) is 12.5 Å². The summed E-state index contributed by atoms with van der Waals surface area (Å²) in [4.78, 5) is 30.8. The minimum absolute atomic E-state index is 0.0121. The fourth-order valence-corrected chi connectivity index (χ4v) is 4.69. The highest BCUT2D eigenvalue weighted by Crippen LogP contribution is 2.41. The predicted octanol–water partition coefficient (Wildman–Crippen LogP) is 5.11. The van der Waals surface area contributed by atoms with Gasteiger partial charge in [-0.3, -0.25) is 9.79 Å². The number of benzene rings is 1. The number of carbonyl (C=O) groups is 2. The van der Waals surface area contributed by atoms with Crippen molar-refractivity contribution in [1.82, 2.24) is 0 Å². The molecule has 3 rings (SSSR count). The molecule has 2 aliphatic rings. The molecule has 6 nitrogen and oxygen atoms in total. The Morgan fingerprint density at radius 3 is 2.50 bits per heavy atom. The molecule has 3 atom stereocenters. The van der Waals surface area contributed by atoms with E-state index in [0.717, 1.165) is 31.7 Å². The second kappa shape index (κ2) is 11.7. The summed E-state index contributed by atoms with van der Waals surface area (Å²) in [6.07, 6.45) is 4.99. The van der Waals surface area contributed by atoms with Crippen LogP contribution in [-0.4, -0.2) is 44.1 Å². The molecule has 8 heteroatoms. The number of hydrogen-bond donors (Lipinski definition) is 0. The van der Waals surface area contributed by atoms with E-state index in [-0.39, 0.29) is 42.1 Å². The number of halogens is 2. The minimum atomic E-state index is -1.13. The van der Waals surface area contributed by atoms with Crippen molar-refractivity contribution >= 4 is 17.7 Å². The van der Waals surface area contributed by atoms with Gasteiger partial charge in [-0.1, -0.05) is 31.4 Å². The molecule has 1 aromatic carbocycles. The van der Waals surface area contributed by atoms with Gasteiger partial charge in [-0.05, 0) is 51.2 Å². The lowest BCUT2D eigenvalue weighted by Gasteiger charge is -2.32. The van der Waals surface area contributed by atoms with Crippen LogP contribution in [0.1, 0.15) is 64.4 Å². The van der Waals surface area contributed by atoms with Gasteiger partial charge in [-0.2, -0.15) is 0 Å². The molecule has 186 valence electrons. The van der Waals surface area contributed by atoms with Crippen LogP contribution in [0.25, 0.3) is 0 Å². The van der Waals surface area contributed by atoms with Crippen molar-refractivity contribution in [3.63, 3.8) is 0 Å². The Hall–Kier alpha value is -2.61. The topological polar surface area (TPSA) is 74.2 Å². The van der Waals surface area contributed by atoms with Gasteiger partial charge in [0.25, 0.3) is 0 Å². The van der Waals surface area contributed by atoms with Gasteiger partial charge in [0.2, 0.25) is 0 Å². The SMILES string of the molecule is COC(C)COC(=O)C1=C(C)N=C(C)C(C(=O)OCC2CCCCC2)C1c1cccc(F)c1F. The lowest BCUT2D eigenvalue weighted by Crippen LogP contribution is -2.38. The van der Waals surface area contributed by atoms with E-state index in [1.807, 2.05) is 0 Å². The van der Waals surface area contributed by atoms with Crippen LogP contribution in [0, 0.1) is 23.5 Å². The van der Waals surface area contributed by atoms with E-state index < -0.39 is 35.4 Å². The first kappa shape index (κ1) is 26.0. The van der Waals surface area contributed by atoms with Crippen molar-refractivity contribution in [3.05, 3.63) is 46.7 Å². The number of esters is 2. The normalized spacial score (nSPS) is 22.2. The highest BCUT2D eigenvalue weighted by molar-refractivity contribution is 6.07. The first-order valence-electron chi connectivity index (χ1n) is 11.8. The molecular weight excluding hydrogens is 444 g/mol. The van der Waals surface area contributed by atoms with E-state index in [1.54, 1.807) is 20.8 Å². The maximum atomic E-state index is 15.0. The maximum Gasteiger partial charge on any atom is 0.336 e. The van der Waals surface area contributed by atoms with Crippen LogP contribution >= 0.6 is 0 Å². The zero-order valence-corrected chi connectivity index (χ0v) is 20.2. The Labute approximate surface area is 199 Å². The third kappa shape index (κ3) is 5.90. The molecule has 0 saturated heterocycles. The smallest absolute Gasteiger partial charge is 0.336 e. The summed E-state index contributed by atoms with van der Waals surface area (Å²) in [5.41, 5.74) is 0.567. The molecule has 0 bridgehead atoms. The molecule has 0 N–H and O–H groups in total. The Morgan fingerprint density at radius 1 is 1.12 bits per heavy atom. The molecule has 1 fully saturated rings. The second-order valence-corrected chi connectivity index (χ2v) is 9.13. The third-order valence-corrected chi connectivity index (χ3v) is 6.66. The summed E-state index contributed by atoms with van der Waals surface area (Å²) >= 11 is 0. The van der Waals surface area contributed by atoms with Crippen molar-refractivity contribution in [1.29, 1.82) is 0 Å². The number of aliphatic imine (C=N–C) groups is 1. The van der Waals surface area contributed by atoms with E-state index >= 15 is 0 Å². The van der Waals surface area contributed by atoms with Crippen LogP contribution in [0.15, 0.2) is 34.5 Å². The molecule has 0 radical (unpaired) electrons. The Balaban J connectivity index is 1.96. The molecule has 1 heterocycles. The van der Waals surface area contributed by atoms with Crippen LogP contribution < -0.4 is 0 Å². The molecule has 0 aromatic heterocycles. The van der Waals surface area contributed by atoms with E-state index in [1.165, 1.54) is 25.7 Å². The van der Waals surface area contributed by atoms with E-state index in [9.17, 15) is 18.4 Å². The summed E-state index contributed by atoms with van der Waals surface area (Å²) in [6.45, 7) is 5.18. The minimum Gasteiger partial charge on any atom is -0.465 e. The highest BCUT2D eigenvalue weighted by atomic mass is 19.2. The average molecular weight is 478 g/mol. The van der Waals surface area contributed by atoms with Crippen LogP contribution in [0.4, 0.5) is 8.78 Å². The Bertz CT molecular complexity index is 968. The van der Waals surface area contributed by atoms with Crippen molar-refractivity contribution in [2.24, 2.45) is 16.8 Å². The van der Waals surface area contributed by atoms with Crippen LogP contribution in [-0.2, 0) is 23.8 Å². The van der Waals surface area contributed by atoms with Crippen molar-refractivity contribution < 1.29 is 32.6 Å². The van der Waals surface area contributed by atoms with Crippen LogP contribution in [0.5, 0.6) is 0 Å². The predicted molar refractivity (Wildman–Crippen MR) is 123 cm³/mol. The van der Waals surface area contributed by atoms with Gasteiger partial charge in [0.05, 0.1) is 18.3 Å². The Kier molecular flexibility index (Phi) is 8.94. The lowest BCUT2D eigenvalue weighted by atomic mass is 9.75. The van der Waals surface area contributed by atoms with Crippen LogP contribution in [0.3, 0.4) is 0 Å². The molecule has 1 aliphatic heterocycles. The quantitative estimate of drug-likeness (QED) is 0.486. The number of ether oxygens (including phenoxy) is 3. The number of hydrogen-bond acceptors (Lipinski definition) is 6. The van der Waals surface area contributed by atoms with E-state index in [2.05, 4.69) is 4.99 Å². The van der Waals surface area contributed by atoms with Gasteiger partial charge < -0.3 is 14.2 Å². The summed E-state index contributed by atoms with van der Waals surface area (Å²) in [5, 5.41) is 0.